The minimum atomic E-state index is 0. The molecule has 1 heterocycles. The predicted molar refractivity (Wildman–Crippen MR) is 40.7 cm³/mol. The van der Waals surface area contributed by atoms with E-state index in [9.17, 15) is 0 Å². The molecule has 0 saturated carbocycles. The molecule has 0 N–H and O–H groups in total. The van der Waals surface area contributed by atoms with Crippen LogP contribution < -0.4 is 0 Å². The number of piperidine rings is 1. The van der Waals surface area contributed by atoms with Gasteiger partial charge in [-0.15, -0.1) is 13.1 Å². The van der Waals surface area contributed by atoms with Gasteiger partial charge in [-0.3, -0.25) is 0 Å². The van der Waals surface area contributed by atoms with Gasteiger partial charge in [0.25, 0.3) is 0 Å². The molecule has 1 aliphatic rings. The summed E-state index contributed by atoms with van der Waals surface area (Å²) in [4.78, 5) is 0. The average molecular weight is 312 g/mol. The molecule has 0 aromatic heterocycles. The summed E-state index contributed by atoms with van der Waals surface area (Å²) >= 11 is 0. The van der Waals surface area contributed by atoms with E-state index in [0.717, 1.165) is 19.0 Å². The van der Waals surface area contributed by atoms with Crippen molar-refractivity contribution in [2.24, 2.45) is 5.92 Å². The number of hydrogen-bond acceptors (Lipinski definition) is 0. The molecule has 1 fully saturated rings. The van der Waals surface area contributed by atoms with Crippen LogP contribution in [0.1, 0.15) is 32.6 Å². The van der Waals surface area contributed by atoms with Crippen molar-refractivity contribution in [3.63, 3.8) is 0 Å². The Hall–Kier alpha value is 0.622. The molecule has 0 amide bonds. The van der Waals surface area contributed by atoms with Crippen LogP contribution in [-0.4, -0.2) is 13.1 Å². The van der Waals surface area contributed by atoms with Crippen LogP contribution in [0.15, 0.2) is 0 Å². The Morgan fingerprint density at radius 1 is 1.30 bits per heavy atom. The Balaban J connectivity index is 0.000000810. The average Bonchev–Trinajstić information content (AvgIpc) is 1.91. The van der Waals surface area contributed by atoms with Crippen LogP contribution in [0.3, 0.4) is 0 Å². The predicted octanol–water partition coefficient (Wildman–Crippen LogP) is 2.57. The van der Waals surface area contributed by atoms with Gasteiger partial charge in [0.2, 0.25) is 0 Å². The van der Waals surface area contributed by atoms with Gasteiger partial charge < -0.3 is 5.32 Å². The molecule has 0 bridgehead atoms. The molecular formula is C8H16NRe-. The van der Waals surface area contributed by atoms with Crippen molar-refractivity contribution in [1.82, 2.24) is 0 Å². The Morgan fingerprint density at radius 2 is 1.90 bits per heavy atom. The normalized spacial score (nSPS) is 20.1. The van der Waals surface area contributed by atoms with E-state index in [1.807, 2.05) is 0 Å². The standard InChI is InChI=1S/C8H16N.Re/c1-2-3-8-4-6-9-7-5-8;/h8H,2-7H2,1H3;/q-1;. The van der Waals surface area contributed by atoms with Gasteiger partial charge in [-0.25, -0.2) is 0 Å². The first-order valence-electron chi connectivity index (χ1n) is 4.06. The van der Waals surface area contributed by atoms with E-state index in [-0.39, 0.29) is 20.4 Å². The summed E-state index contributed by atoms with van der Waals surface area (Å²) in [6, 6.07) is 0. The van der Waals surface area contributed by atoms with Crippen LogP contribution in [-0.2, 0) is 20.4 Å². The van der Waals surface area contributed by atoms with E-state index < -0.39 is 0 Å². The van der Waals surface area contributed by atoms with E-state index >= 15 is 0 Å². The van der Waals surface area contributed by atoms with Crippen LogP contribution in [0, 0.1) is 5.92 Å². The zero-order valence-corrected chi connectivity index (χ0v) is 9.36. The van der Waals surface area contributed by atoms with E-state index in [1.165, 1.54) is 25.7 Å². The molecule has 0 spiro atoms. The second-order valence-corrected chi connectivity index (χ2v) is 2.90. The van der Waals surface area contributed by atoms with Crippen LogP contribution in [0.25, 0.3) is 5.32 Å². The Morgan fingerprint density at radius 3 is 2.40 bits per heavy atom. The van der Waals surface area contributed by atoms with Crippen molar-refractivity contribution in [1.29, 1.82) is 0 Å². The van der Waals surface area contributed by atoms with Gasteiger partial charge in [-0.2, -0.15) is 0 Å². The minimum Gasteiger partial charge on any atom is -0.662 e. The zero-order valence-electron chi connectivity index (χ0n) is 6.65. The molecule has 1 radical (unpaired) electrons. The monoisotopic (exact) mass is 313 g/mol. The number of rotatable bonds is 2. The van der Waals surface area contributed by atoms with Crippen molar-refractivity contribution in [2.45, 2.75) is 32.6 Å². The van der Waals surface area contributed by atoms with E-state index in [4.69, 9.17) is 0 Å². The third kappa shape index (κ3) is 3.71. The summed E-state index contributed by atoms with van der Waals surface area (Å²) in [6.07, 6.45) is 5.49. The molecule has 0 aliphatic carbocycles. The Bertz CT molecular complexity index is 66.9. The van der Waals surface area contributed by atoms with Crippen LogP contribution in [0.4, 0.5) is 0 Å². The van der Waals surface area contributed by atoms with Gasteiger partial charge in [0.1, 0.15) is 0 Å². The first-order chi connectivity index (χ1) is 4.43. The summed E-state index contributed by atoms with van der Waals surface area (Å²) in [6.45, 7) is 4.53. The van der Waals surface area contributed by atoms with Crippen molar-refractivity contribution >= 4 is 0 Å². The SMILES string of the molecule is CCCC1CC[N-]CC1.[Re]. The van der Waals surface area contributed by atoms with E-state index in [1.54, 1.807) is 0 Å². The molecule has 0 atom stereocenters. The molecule has 0 aromatic carbocycles. The zero-order chi connectivity index (χ0) is 6.53. The quantitative estimate of drug-likeness (QED) is 0.744. The van der Waals surface area contributed by atoms with Crippen LogP contribution >= 0.6 is 0 Å². The molecular weight excluding hydrogens is 296 g/mol. The van der Waals surface area contributed by atoms with Gasteiger partial charge in [-0.05, 0) is 5.92 Å². The summed E-state index contributed by atoms with van der Waals surface area (Å²) in [5.74, 6) is 1.01. The molecule has 0 unspecified atom stereocenters. The Labute approximate surface area is 77.6 Å². The maximum atomic E-state index is 4.31. The maximum absolute atomic E-state index is 4.31. The maximum Gasteiger partial charge on any atom is 0 e. The van der Waals surface area contributed by atoms with Crippen molar-refractivity contribution in [3.05, 3.63) is 5.32 Å². The van der Waals surface area contributed by atoms with Gasteiger partial charge in [0, 0.05) is 20.4 Å². The van der Waals surface area contributed by atoms with Gasteiger partial charge >= 0.3 is 0 Å². The van der Waals surface area contributed by atoms with Crippen LogP contribution in [0.5, 0.6) is 0 Å². The fourth-order valence-electron chi connectivity index (χ4n) is 1.50. The van der Waals surface area contributed by atoms with Crippen molar-refractivity contribution < 1.29 is 20.4 Å². The molecule has 1 nitrogen and oxygen atoms in total. The second-order valence-electron chi connectivity index (χ2n) is 2.90. The van der Waals surface area contributed by atoms with E-state index in [0.29, 0.717) is 0 Å². The largest absolute Gasteiger partial charge is 0.662 e. The fourth-order valence-corrected chi connectivity index (χ4v) is 1.50. The van der Waals surface area contributed by atoms with Crippen LogP contribution in [0.2, 0.25) is 0 Å². The molecule has 2 heteroatoms. The van der Waals surface area contributed by atoms with Gasteiger partial charge in [0.15, 0.2) is 0 Å². The molecule has 10 heavy (non-hydrogen) atoms. The van der Waals surface area contributed by atoms with Gasteiger partial charge in [0.05, 0.1) is 0 Å². The minimum absolute atomic E-state index is 0. The molecule has 61 valence electrons. The third-order valence-corrected chi connectivity index (χ3v) is 2.09. The summed E-state index contributed by atoms with van der Waals surface area (Å²) in [5, 5.41) is 4.31. The second kappa shape index (κ2) is 6.34. The number of hydrogen-bond donors (Lipinski definition) is 0. The van der Waals surface area contributed by atoms with E-state index in [2.05, 4.69) is 12.2 Å². The van der Waals surface area contributed by atoms with Crippen molar-refractivity contribution in [2.75, 3.05) is 13.1 Å². The smallest absolute Gasteiger partial charge is 0 e. The molecule has 1 saturated heterocycles. The molecule has 1 aliphatic heterocycles. The summed E-state index contributed by atoms with van der Waals surface area (Å²) in [5.41, 5.74) is 0. The Kier molecular flexibility index (Phi) is 6.73. The topological polar surface area (TPSA) is 14.1 Å². The number of nitrogens with zero attached hydrogens (tertiary/aromatic N) is 1. The summed E-state index contributed by atoms with van der Waals surface area (Å²) in [7, 11) is 0. The molecule has 1 rings (SSSR count). The molecule has 0 aromatic rings. The fraction of sp³-hybridized carbons (Fsp3) is 1.00. The third-order valence-electron chi connectivity index (χ3n) is 2.09. The van der Waals surface area contributed by atoms with Gasteiger partial charge in [-0.1, -0.05) is 32.6 Å². The first-order valence-corrected chi connectivity index (χ1v) is 4.06. The first kappa shape index (κ1) is 10.6. The summed E-state index contributed by atoms with van der Waals surface area (Å²) < 4.78 is 0. The van der Waals surface area contributed by atoms with Crippen molar-refractivity contribution in [3.8, 4) is 0 Å².